The van der Waals surface area contributed by atoms with Gasteiger partial charge in [0.15, 0.2) is 5.69 Å². The molecule has 0 unspecified atom stereocenters. The number of para-hydroxylation sites is 6. The van der Waals surface area contributed by atoms with E-state index in [4.69, 9.17) is 6.57 Å². The fraction of sp³-hybridized carbons (Fsp3) is 0.0159. The van der Waals surface area contributed by atoms with Crippen molar-refractivity contribution in [3.63, 3.8) is 0 Å². The summed E-state index contributed by atoms with van der Waals surface area (Å²) in [6.07, 6.45) is -4.76. The highest BCUT2D eigenvalue weighted by molar-refractivity contribution is 6.28. The van der Waals surface area contributed by atoms with E-state index in [1.54, 1.807) is 0 Å². The van der Waals surface area contributed by atoms with Crippen LogP contribution in [0.5, 0.6) is 0 Å². The molecule has 10 aromatic carbocycles. The van der Waals surface area contributed by atoms with Gasteiger partial charge >= 0.3 is 6.18 Å². The molecule has 9 heteroatoms. The molecule has 0 aliphatic heterocycles. The molecule has 0 radical (unpaired) electrons. The lowest BCUT2D eigenvalue weighted by Gasteiger charge is -2.20. The van der Waals surface area contributed by atoms with Crippen LogP contribution >= 0.6 is 0 Å². The average molecular weight is 933 g/mol. The number of hydrogen-bond acceptors (Lipinski definition) is 1. The number of halogens is 3. The zero-order valence-corrected chi connectivity index (χ0v) is 38.0. The molecule has 0 bridgehead atoms. The molecule has 0 N–H and O–H groups in total. The van der Waals surface area contributed by atoms with Gasteiger partial charge in [-0.2, -0.15) is 18.4 Å². The molecule has 0 aliphatic rings. The van der Waals surface area contributed by atoms with E-state index in [1.807, 2.05) is 109 Å². The Morgan fingerprint density at radius 1 is 0.417 bits per heavy atom. The molecule has 4 heterocycles. The van der Waals surface area contributed by atoms with Crippen molar-refractivity contribution in [2.45, 2.75) is 6.18 Å². The average Bonchev–Trinajstić information content (AvgIpc) is 4.15. The van der Waals surface area contributed by atoms with Gasteiger partial charge in [0.1, 0.15) is 6.07 Å². The molecule has 0 amide bonds. The molecule has 0 atom stereocenters. The first-order chi connectivity index (χ1) is 35.3. The fourth-order valence-corrected chi connectivity index (χ4v) is 11.5. The van der Waals surface area contributed by atoms with Crippen LogP contribution in [0.4, 0.5) is 18.9 Å². The first-order valence-electron chi connectivity index (χ1n) is 23.5. The van der Waals surface area contributed by atoms with Gasteiger partial charge in [0, 0.05) is 65.6 Å². The first-order valence-corrected chi connectivity index (χ1v) is 23.5. The Hall–Kier alpha value is -9.83. The maximum Gasteiger partial charge on any atom is 0.415 e. The second-order valence-electron chi connectivity index (χ2n) is 18.2. The Balaban J connectivity index is 1.17. The van der Waals surface area contributed by atoms with Gasteiger partial charge in [-0.3, -0.25) is 0 Å². The van der Waals surface area contributed by atoms with Gasteiger partial charge in [-0.25, -0.2) is 4.85 Å². The molecule has 338 valence electrons. The summed E-state index contributed by atoms with van der Waals surface area (Å²) in [5, 5.41) is 19.3. The predicted molar refractivity (Wildman–Crippen MR) is 285 cm³/mol. The molecule has 0 saturated carbocycles. The quantitative estimate of drug-likeness (QED) is 0.159. The van der Waals surface area contributed by atoms with Crippen molar-refractivity contribution in [1.29, 1.82) is 5.26 Å². The summed E-state index contributed by atoms with van der Waals surface area (Å²) < 4.78 is 53.9. The van der Waals surface area contributed by atoms with Crippen LogP contribution in [-0.4, -0.2) is 18.3 Å². The van der Waals surface area contributed by atoms with Gasteiger partial charge in [0.2, 0.25) is 0 Å². The predicted octanol–water partition coefficient (Wildman–Crippen LogP) is 17.2. The maximum atomic E-state index is 15.1. The van der Waals surface area contributed by atoms with Crippen LogP contribution in [0, 0.1) is 17.9 Å². The Morgan fingerprint density at radius 3 is 1.33 bits per heavy atom. The van der Waals surface area contributed by atoms with Gasteiger partial charge in [-0.15, -0.1) is 0 Å². The SMILES string of the molecule is [C-]#[N+]c1cc(-c2cc(-n3c4ccccc4c4ccc5c(c6ccccc6n5-c5ccccc5)c43)c(C#N)cc2-n2c3ccccc3c3ccc4c(c5ccccc5n4-c4ccccc4)c32)cc(C(F)(F)F)c1. The summed E-state index contributed by atoms with van der Waals surface area (Å²) in [5.74, 6) is 0. The number of alkyl halides is 3. The molecule has 0 spiro atoms. The highest BCUT2D eigenvalue weighted by atomic mass is 19.4. The minimum atomic E-state index is -4.76. The van der Waals surface area contributed by atoms with E-state index in [9.17, 15) is 5.26 Å². The van der Waals surface area contributed by atoms with Crippen LogP contribution in [0.15, 0.2) is 212 Å². The van der Waals surface area contributed by atoms with E-state index in [0.29, 0.717) is 22.5 Å². The van der Waals surface area contributed by atoms with Crippen molar-refractivity contribution >= 4 is 92.9 Å². The zero-order chi connectivity index (χ0) is 48.4. The largest absolute Gasteiger partial charge is 0.415 e. The van der Waals surface area contributed by atoms with Crippen LogP contribution in [0.25, 0.3) is 126 Å². The zero-order valence-electron chi connectivity index (χ0n) is 38.0. The Labute approximate surface area is 408 Å². The van der Waals surface area contributed by atoms with E-state index in [0.717, 1.165) is 111 Å². The van der Waals surface area contributed by atoms with Gasteiger partial charge in [0.25, 0.3) is 0 Å². The van der Waals surface area contributed by atoms with Gasteiger partial charge in [-0.05, 0) is 96.6 Å². The van der Waals surface area contributed by atoms with Crippen LogP contribution < -0.4 is 0 Å². The number of hydrogen-bond donors (Lipinski definition) is 0. The Morgan fingerprint density at radius 2 is 0.861 bits per heavy atom. The van der Waals surface area contributed by atoms with Crippen molar-refractivity contribution in [1.82, 2.24) is 18.3 Å². The fourth-order valence-electron chi connectivity index (χ4n) is 11.5. The van der Waals surface area contributed by atoms with Gasteiger partial charge in [0.05, 0.1) is 67.6 Å². The summed E-state index contributed by atoms with van der Waals surface area (Å²) in [4.78, 5) is 3.59. The third-order valence-electron chi connectivity index (χ3n) is 14.4. The standard InChI is InChI=1S/C63H35F3N6/c1-68-41-33-38(32-40(35-41)63(64,65)66)50-36-57(71-51-24-12-8-20-44(51)46-28-30-55-59(61(46)71)48-22-10-14-26-53(48)69(55)42-16-4-2-5-17-42)39(37-67)34-58(50)72-52-25-13-9-21-45(52)47-29-31-56-60(62(47)72)49-23-11-15-27-54(49)70(56)43-18-6-3-7-19-43/h2-36H. The molecular weight excluding hydrogens is 898 g/mol. The second kappa shape index (κ2) is 15.3. The topological polar surface area (TPSA) is 47.9 Å². The molecule has 0 fully saturated rings. The summed E-state index contributed by atoms with van der Waals surface area (Å²) in [7, 11) is 0. The van der Waals surface area contributed by atoms with Crippen LogP contribution in [-0.2, 0) is 6.18 Å². The first kappa shape index (κ1) is 41.2. The third-order valence-corrected chi connectivity index (χ3v) is 14.4. The second-order valence-corrected chi connectivity index (χ2v) is 18.2. The lowest BCUT2D eigenvalue weighted by atomic mass is 9.96. The van der Waals surface area contributed by atoms with Crippen LogP contribution in [0.3, 0.4) is 0 Å². The molecular formula is C63H35F3N6. The summed E-state index contributed by atoms with van der Waals surface area (Å²) in [6, 6.07) is 71.3. The van der Waals surface area contributed by atoms with Crippen LogP contribution in [0.2, 0.25) is 0 Å². The lowest BCUT2D eigenvalue weighted by molar-refractivity contribution is -0.137. The third kappa shape index (κ3) is 5.83. The monoisotopic (exact) mass is 932 g/mol. The Bertz CT molecular complexity index is 4690. The van der Waals surface area contributed by atoms with E-state index < -0.39 is 11.7 Å². The van der Waals surface area contributed by atoms with E-state index in [1.165, 1.54) is 6.07 Å². The molecule has 14 rings (SSSR count). The van der Waals surface area contributed by atoms with Crippen LogP contribution in [0.1, 0.15) is 11.1 Å². The molecule has 14 aromatic rings. The molecule has 72 heavy (non-hydrogen) atoms. The molecule has 4 aromatic heterocycles. The number of nitrogens with zero attached hydrogens (tertiary/aromatic N) is 6. The van der Waals surface area contributed by atoms with E-state index in [-0.39, 0.29) is 11.3 Å². The normalized spacial score (nSPS) is 12.1. The van der Waals surface area contributed by atoms with E-state index in [2.05, 4.69) is 114 Å². The summed E-state index contributed by atoms with van der Waals surface area (Å²) in [5.41, 5.74) is 9.97. The van der Waals surface area contributed by atoms with Crippen molar-refractivity contribution in [3.05, 3.63) is 235 Å². The molecule has 6 nitrogen and oxygen atoms in total. The van der Waals surface area contributed by atoms with Gasteiger partial charge in [-0.1, -0.05) is 121 Å². The number of benzene rings is 10. The highest BCUT2D eigenvalue weighted by Crippen LogP contribution is 2.48. The van der Waals surface area contributed by atoms with Crippen molar-refractivity contribution < 1.29 is 13.2 Å². The Kier molecular flexibility index (Phi) is 8.77. The lowest BCUT2D eigenvalue weighted by Crippen LogP contribution is -2.06. The summed E-state index contributed by atoms with van der Waals surface area (Å²) >= 11 is 0. The molecule has 0 saturated heterocycles. The number of nitriles is 1. The van der Waals surface area contributed by atoms with Crippen molar-refractivity contribution in [3.8, 4) is 39.9 Å². The van der Waals surface area contributed by atoms with Gasteiger partial charge < -0.3 is 18.3 Å². The minimum Gasteiger partial charge on any atom is -0.309 e. The smallest absolute Gasteiger partial charge is 0.309 e. The minimum absolute atomic E-state index is 0.153. The van der Waals surface area contributed by atoms with Crippen molar-refractivity contribution in [2.24, 2.45) is 0 Å². The highest BCUT2D eigenvalue weighted by Gasteiger charge is 2.32. The molecule has 0 aliphatic carbocycles. The number of aromatic nitrogens is 4. The van der Waals surface area contributed by atoms with Crippen molar-refractivity contribution in [2.75, 3.05) is 0 Å². The van der Waals surface area contributed by atoms with E-state index >= 15 is 13.2 Å². The number of rotatable bonds is 5. The maximum absolute atomic E-state index is 15.1. The summed E-state index contributed by atoms with van der Waals surface area (Å²) in [6.45, 7) is 8.06. The number of fused-ring (bicyclic) bond motifs is 14.